The van der Waals surface area contributed by atoms with E-state index in [1.807, 2.05) is 13.8 Å². The fourth-order valence-electron chi connectivity index (χ4n) is 1.40. The second-order valence-electron chi connectivity index (χ2n) is 4.68. The van der Waals surface area contributed by atoms with Gasteiger partial charge in [0.05, 0.1) is 11.8 Å². The van der Waals surface area contributed by atoms with Crippen molar-refractivity contribution in [2.45, 2.75) is 33.8 Å². The number of anilines is 1. The first-order valence-corrected chi connectivity index (χ1v) is 6.30. The number of nitrogens with two attached hydrogens (primary N) is 1. The van der Waals surface area contributed by atoms with Gasteiger partial charge >= 0.3 is 0 Å². The lowest BCUT2D eigenvalue weighted by Crippen LogP contribution is -2.23. The van der Waals surface area contributed by atoms with Gasteiger partial charge in [0.25, 0.3) is 5.91 Å². The van der Waals surface area contributed by atoms with Crippen LogP contribution in [0.4, 0.5) is 5.69 Å². The van der Waals surface area contributed by atoms with Crippen molar-refractivity contribution >= 4 is 11.6 Å². The van der Waals surface area contributed by atoms with Gasteiger partial charge in [-0.25, -0.2) is 0 Å². The van der Waals surface area contributed by atoms with Crippen LogP contribution >= 0.6 is 0 Å². The zero-order valence-corrected chi connectivity index (χ0v) is 11.5. The maximum atomic E-state index is 11.6. The van der Waals surface area contributed by atoms with Crippen LogP contribution in [0.3, 0.4) is 0 Å². The van der Waals surface area contributed by atoms with Gasteiger partial charge in [-0.2, -0.15) is 0 Å². The molecule has 0 aliphatic carbocycles. The molecule has 1 aromatic carbocycles. The molecule has 0 aliphatic heterocycles. The third-order valence-electron chi connectivity index (χ3n) is 2.86. The number of ether oxygens (including phenoxy) is 1. The number of benzene rings is 1. The minimum absolute atomic E-state index is 0.0858. The minimum Gasteiger partial charge on any atom is -0.488 e. The molecule has 0 heterocycles. The van der Waals surface area contributed by atoms with E-state index in [1.165, 1.54) is 0 Å². The van der Waals surface area contributed by atoms with Gasteiger partial charge in [0.15, 0.2) is 0 Å². The van der Waals surface area contributed by atoms with Gasteiger partial charge in [-0.3, -0.25) is 4.79 Å². The Bertz CT molecular complexity index is 416. The molecular weight excluding hydrogens is 228 g/mol. The lowest BCUT2D eigenvalue weighted by atomic mass is 10.1. The molecule has 1 rings (SSSR count). The summed E-state index contributed by atoms with van der Waals surface area (Å²) in [5.41, 5.74) is 6.95. The van der Waals surface area contributed by atoms with E-state index in [2.05, 4.69) is 19.2 Å². The number of hydrogen-bond acceptors (Lipinski definition) is 3. The van der Waals surface area contributed by atoms with Crippen molar-refractivity contribution in [2.75, 3.05) is 12.3 Å². The van der Waals surface area contributed by atoms with E-state index in [0.29, 0.717) is 29.5 Å². The quantitative estimate of drug-likeness (QED) is 0.789. The van der Waals surface area contributed by atoms with Crippen molar-refractivity contribution in [3.05, 3.63) is 23.8 Å². The van der Waals surface area contributed by atoms with Crippen molar-refractivity contribution in [2.24, 2.45) is 5.92 Å². The first-order valence-electron chi connectivity index (χ1n) is 6.30. The maximum Gasteiger partial charge on any atom is 0.251 e. The van der Waals surface area contributed by atoms with Crippen LogP contribution in [0.2, 0.25) is 0 Å². The molecular formula is C14H22N2O2. The normalized spacial score (nSPS) is 12.3. The summed E-state index contributed by atoms with van der Waals surface area (Å²) < 4.78 is 5.74. The Morgan fingerprint density at radius 2 is 2.06 bits per heavy atom. The number of carbonyl (C=O) groups excluding carboxylic acids is 1. The molecule has 1 atom stereocenters. The van der Waals surface area contributed by atoms with Crippen molar-refractivity contribution in [3.63, 3.8) is 0 Å². The van der Waals surface area contributed by atoms with Gasteiger partial charge in [0, 0.05) is 12.1 Å². The smallest absolute Gasteiger partial charge is 0.251 e. The number of nitrogens with one attached hydrogen (secondary N) is 1. The third-order valence-corrected chi connectivity index (χ3v) is 2.86. The standard InChI is InChI=1S/C14H22N2O2/c1-5-16-14(17)11-6-7-13(12(15)8-11)18-10(4)9(2)3/h6-10H,5,15H2,1-4H3,(H,16,17). The van der Waals surface area contributed by atoms with Crippen LogP contribution in [0.1, 0.15) is 38.1 Å². The topological polar surface area (TPSA) is 64.3 Å². The highest BCUT2D eigenvalue weighted by Gasteiger charge is 2.12. The summed E-state index contributed by atoms with van der Waals surface area (Å²) in [5.74, 6) is 0.921. The maximum absolute atomic E-state index is 11.6. The van der Waals surface area contributed by atoms with Crippen LogP contribution in [0.15, 0.2) is 18.2 Å². The van der Waals surface area contributed by atoms with E-state index in [1.54, 1.807) is 18.2 Å². The van der Waals surface area contributed by atoms with E-state index in [9.17, 15) is 4.79 Å². The van der Waals surface area contributed by atoms with Crippen molar-refractivity contribution in [1.29, 1.82) is 0 Å². The predicted octanol–water partition coefficient (Wildman–Crippen LogP) is 2.44. The summed E-state index contributed by atoms with van der Waals surface area (Å²) in [7, 11) is 0. The van der Waals surface area contributed by atoms with Crippen molar-refractivity contribution in [1.82, 2.24) is 5.32 Å². The van der Waals surface area contributed by atoms with Crippen LogP contribution in [-0.2, 0) is 0 Å². The number of nitrogen functional groups attached to an aromatic ring is 1. The Morgan fingerprint density at radius 3 is 2.56 bits per heavy atom. The van der Waals surface area contributed by atoms with E-state index >= 15 is 0 Å². The lowest BCUT2D eigenvalue weighted by Gasteiger charge is -2.19. The molecule has 0 fully saturated rings. The van der Waals surface area contributed by atoms with E-state index in [-0.39, 0.29) is 12.0 Å². The SMILES string of the molecule is CCNC(=O)c1ccc(OC(C)C(C)C)c(N)c1. The summed E-state index contributed by atoms with van der Waals surface area (Å²) in [6, 6.07) is 5.12. The Labute approximate surface area is 109 Å². The third kappa shape index (κ3) is 3.65. The average Bonchev–Trinajstić information content (AvgIpc) is 2.31. The van der Waals surface area contributed by atoms with Crippen LogP contribution in [0.5, 0.6) is 5.75 Å². The number of amides is 1. The zero-order valence-electron chi connectivity index (χ0n) is 11.5. The highest BCUT2D eigenvalue weighted by molar-refractivity contribution is 5.95. The van der Waals surface area contributed by atoms with Crippen LogP contribution in [-0.4, -0.2) is 18.6 Å². The van der Waals surface area contributed by atoms with Gasteiger partial charge in [-0.15, -0.1) is 0 Å². The fraction of sp³-hybridized carbons (Fsp3) is 0.500. The molecule has 0 spiro atoms. The highest BCUT2D eigenvalue weighted by Crippen LogP contribution is 2.25. The summed E-state index contributed by atoms with van der Waals surface area (Å²) >= 11 is 0. The molecule has 0 aliphatic rings. The molecule has 4 nitrogen and oxygen atoms in total. The zero-order chi connectivity index (χ0) is 13.7. The predicted molar refractivity (Wildman–Crippen MR) is 73.8 cm³/mol. The van der Waals surface area contributed by atoms with Crippen molar-refractivity contribution < 1.29 is 9.53 Å². The molecule has 0 bridgehead atoms. The Balaban J connectivity index is 2.83. The molecule has 0 radical (unpaired) electrons. The summed E-state index contributed by atoms with van der Waals surface area (Å²) in [6.45, 7) is 8.65. The molecule has 4 heteroatoms. The Morgan fingerprint density at radius 1 is 1.39 bits per heavy atom. The van der Waals surface area contributed by atoms with Crippen LogP contribution in [0.25, 0.3) is 0 Å². The second kappa shape index (κ2) is 6.28. The Hall–Kier alpha value is -1.71. The van der Waals surface area contributed by atoms with Gasteiger partial charge in [0.2, 0.25) is 0 Å². The van der Waals surface area contributed by atoms with Gasteiger partial charge in [-0.05, 0) is 38.0 Å². The molecule has 0 aromatic heterocycles. The van der Waals surface area contributed by atoms with Gasteiger partial charge in [-0.1, -0.05) is 13.8 Å². The first kappa shape index (κ1) is 14.4. The summed E-state index contributed by atoms with van der Waals surface area (Å²) in [6.07, 6.45) is 0.0858. The first-order chi connectivity index (χ1) is 8.45. The molecule has 18 heavy (non-hydrogen) atoms. The average molecular weight is 250 g/mol. The number of carbonyl (C=O) groups is 1. The Kier molecular flexibility index (Phi) is 5.01. The molecule has 1 unspecified atom stereocenters. The molecule has 1 aromatic rings. The largest absolute Gasteiger partial charge is 0.488 e. The molecule has 0 saturated carbocycles. The van der Waals surface area contributed by atoms with E-state index < -0.39 is 0 Å². The summed E-state index contributed by atoms with van der Waals surface area (Å²) in [4.78, 5) is 11.6. The molecule has 3 N–H and O–H groups in total. The monoisotopic (exact) mass is 250 g/mol. The van der Waals surface area contributed by atoms with E-state index in [4.69, 9.17) is 10.5 Å². The molecule has 0 saturated heterocycles. The van der Waals surface area contributed by atoms with Crippen LogP contribution in [0, 0.1) is 5.92 Å². The summed E-state index contributed by atoms with van der Waals surface area (Å²) in [5, 5.41) is 2.73. The van der Waals surface area contributed by atoms with Crippen molar-refractivity contribution in [3.8, 4) is 5.75 Å². The van der Waals surface area contributed by atoms with E-state index in [0.717, 1.165) is 0 Å². The highest BCUT2D eigenvalue weighted by atomic mass is 16.5. The van der Waals surface area contributed by atoms with Crippen LogP contribution < -0.4 is 15.8 Å². The molecule has 1 amide bonds. The van der Waals surface area contributed by atoms with Gasteiger partial charge in [0.1, 0.15) is 5.75 Å². The second-order valence-corrected chi connectivity index (χ2v) is 4.68. The van der Waals surface area contributed by atoms with Gasteiger partial charge < -0.3 is 15.8 Å². The molecule has 100 valence electrons. The lowest BCUT2D eigenvalue weighted by molar-refractivity contribution is 0.0956. The number of rotatable bonds is 5. The number of hydrogen-bond donors (Lipinski definition) is 2. The minimum atomic E-state index is -0.118. The fourth-order valence-corrected chi connectivity index (χ4v) is 1.40.